The Morgan fingerprint density at radius 2 is 1.67 bits per heavy atom. The number of anilines is 1. The Bertz CT molecular complexity index is 1710. The number of aliphatic hydroxyl groups excluding tert-OH is 1. The van der Waals surface area contributed by atoms with Crippen molar-refractivity contribution in [2.45, 2.75) is 24.0 Å². The maximum absolute atomic E-state index is 14.0. The number of carbonyl (C=O) groups excluding carboxylic acids is 2. The number of benzene rings is 3. The summed E-state index contributed by atoms with van der Waals surface area (Å²) in [6.45, 7) is 0.377. The monoisotopic (exact) mass is 665 g/mol. The molecule has 5 rings (SSSR count). The van der Waals surface area contributed by atoms with Crippen molar-refractivity contribution in [3.05, 3.63) is 122 Å². The molecule has 3 aromatic rings. The zero-order valence-corrected chi connectivity index (χ0v) is 24.8. The van der Waals surface area contributed by atoms with E-state index in [4.69, 9.17) is 0 Å². The summed E-state index contributed by atoms with van der Waals surface area (Å²) in [5, 5.41) is 20.3. The summed E-state index contributed by atoms with van der Waals surface area (Å²) >= 11 is 4.92. The molecule has 11 heteroatoms. The summed E-state index contributed by atoms with van der Waals surface area (Å²) in [7, 11) is 0. The number of nitrogens with zero attached hydrogens (tertiary/aromatic N) is 3. The number of thioether (sulfide) groups is 1. The van der Waals surface area contributed by atoms with Crippen molar-refractivity contribution in [3.63, 3.8) is 0 Å². The van der Waals surface area contributed by atoms with Gasteiger partial charge in [-0.2, -0.15) is 18.4 Å². The van der Waals surface area contributed by atoms with E-state index in [1.165, 1.54) is 17.8 Å². The Balaban J connectivity index is 1.64. The van der Waals surface area contributed by atoms with Gasteiger partial charge in [0.05, 0.1) is 22.8 Å². The fourth-order valence-corrected chi connectivity index (χ4v) is 6.47. The van der Waals surface area contributed by atoms with Gasteiger partial charge in [-0.05, 0) is 60.0 Å². The second-order valence-corrected chi connectivity index (χ2v) is 11.6. The molecule has 2 aliphatic heterocycles. The molecule has 2 amide bonds. The second-order valence-electron chi connectivity index (χ2n) is 9.65. The number of hydrogen-bond acceptors (Lipinski definition) is 6. The molecule has 0 unspecified atom stereocenters. The Morgan fingerprint density at radius 1 is 0.953 bits per heavy atom. The molecule has 218 valence electrons. The first kappa shape index (κ1) is 30.4. The van der Waals surface area contributed by atoms with E-state index in [0.29, 0.717) is 18.5 Å². The number of amides is 2. The lowest BCUT2D eigenvalue weighted by molar-refractivity contribution is -0.141. The average Bonchev–Trinajstić information content (AvgIpc) is 3.33. The van der Waals surface area contributed by atoms with Gasteiger partial charge < -0.3 is 10.0 Å². The topological polar surface area (TPSA) is 84.6 Å². The van der Waals surface area contributed by atoms with Gasteiger partial charge in [0.2, 0.25) is 0 Å². The van der Waals surface area contributed by atoms with Crippen LogP contribution in [0.15, 0.2) is 110 Å². The number of hydrogen-bond donors (Lipinski definition) is 1. The van der Waals surface area contributed by atoms with E-state index in [1.54, 1.807) is 36.4 Å². The summed E-state index contributed by atoms with van der Waals surface area (Å²) in [5.41, 5.74) is 0.449. The molecule has 0 aliphatic carbocycles. The maximum Gasteiger partial charge on any atom is 0.416 e. The summed E-state index contributed by atoms with van der Waals surface area (Å²) in [6.07, 6.45) is -0.900. The molecule has 2 heterocycles. The molecular formula is C32H23BrF3N3O3S. The van der Waals surface area contributed by atoms with E-state index in [2.05, 4.69) is 15.9 Å². The zero-order chi connectivity index (χ0) is 30.7. The predicted octanol–water partition coefficient (Wildman–Crippen LogP) is 7.08. The average molecular weight is 667 g/mol. The molecule has 0 radical (unpaired) electrons. The van der Waals surface area contributed by atoms with Crippen LogP contribution in [0, 0.1) is 11.3 Å². The van der Waals surface area contributed by atoms with Gasteiger partial charge in [-0.3, -0.25) is 14.5 Å². The van der Waals surface area contributed by atoms with Gasteiger partial charge in [0, 0.05) is 33.7 Å². The third-order valence-corrected chi connectivity index (χ3v) is 8.48. The third kappa shape index (κ3) is 6.32. The van der Waals surface area contributed by atoms with Gasteiger partial charge in [-0.1, -0.05) is 70.2 Å². The molecule has 2 aliphatic rings. The fraction of sp³-hybridized carbons (Fsp3) is 0.156. The second kappa shape index (κ2) is 12.6. The Hall–Kier alpha value is -4.11. The summed E-state index contributed by atoms with van der Waals surface area (Å²) in [6, 6.07) is 20.5. The first-order valence-electron chi connectivity index (χ1n) is 13.1. The van der Waals surface area contributed by atoms with Crippen LogP contribution in [0.1, 0.15) is 23.1 Å². The van der Waals surface area contributed by atoms with Crippen molar-refractivity contribution >= 4 is 50.8 Å². The SMILES string of the molecule is N#CC1=C(c2ccc(C(F)(F)F)cc2)/C(=C/C=C2\Sc3cc(Br)ccc3N2CCCO)C(=O)N(Cc2ccccc2)C1=O. The van der Waals surface area contributed by atoms with Crippen LogP contribution in [0.5, 0.6) is 0 Å². The van der Waals surface area contributed by atoms with E-state index in [9.17, 15) is 33.1 Å². The minimum Gasteiger partial charge on any atom is -0.396 e. The molecule has 0 spiro atoms. The lowest BCUT2D eigenvalue weighted by atomic mass is 9.87. The molecule has 0 bridgehead atoms. The summed E-state index contributed by atoms with van der Waals surface area (Å²) in [5.74, 6) is -1.50. The number of aliphatic hydroxyl groups is 1. The molecule has 0 saturated heterocycles. The fourth-order valence-electron chi connectivity index (χ4n) is 4.83. The van der Waals surface area contributed by atoms with Gasteiger partial charge in [-0.15, -0.1) is 0 Å². The van der Waals surface area contributed by atoms with Crippen molar-refractivity contribution in [1.29, 1.82) is 5.26 Å². The minimum absolute atomic E-state index is 0.000755. The van der Waals surface area contributed by atoms with Crippen LogP contribution in [0.2, 0.25) is 0 Å². The van der Waals surface area contributed by atoms with Crippen LogP contribution in [0.3, 0.4) is 0 Å². The largest absolute Gasteiger partial charge is 0.416 e. The summed E-state index contributed by atoms with van der Waals surface area (Å²) in [4.78, 5) is 31.4. The number of alkyl halides is 3. The number of rotatable bonds is 7. The molecule has 3 aromatic carbocycles. The van der Waals surface area contributed by atoms with Crippen molar-refractivity contribution in [2.24, 2.45) is 0 Å². The maximum atomic E-state index is 14.0. The standard InChI is InChI=1S/C32H23BrF3N3O3S/c33-23-11-13-26-27(17-23)43-28(38(26)15-4-16-40)14-12-24-29(21-7-9-22(10-8-21)32(34,35)36)25(18-37)31(42)39(30(24)41)19-20-5-2-1-3-6-20/h1-3,5-14,17,40H,4,15-16,19H2/b24-12-,28-14-. The van der Waals surface area contributed by atoms with Crippen molar-refractivity contribution in [1.82, 2.24) is 4.90 Å². The van der Waals surface area contributed by atoms with Crippen molar-refractivity contribution in [2.75, 3.05) is 18.1 Å². The summed E-state index contributed by atoms with van der Waals surface area (Å²) < 4.78 is 40.8. The lowest BCUT2D eigenvalue weighted by Gasteiger charge is -2.29. The highest BCUT2D eigenvalue weighted by Crippen LogP contribution is 2.47. The van der Waals surface area contributed by atoms with Crippen LogP contribution in [-0.2, 0) is 22.3 Å². The minimum atomic E-state index is -4.58. The highest BCUT2D eigenvalue weighted by molar-refractivity contribution is 9.10. The van der Waals surface area contributed by atoms with Crippen LogP contribution < -0.4 is 4.90 Å². The third-order valence-electron chi connectivity index (χ3n) is 6.88. The van der Waals surface area contributed by atoms with Gasteiger partial charge in [0.1, 0.15) is 11.6 Å². The van der Waals surface area contributed by atoms with Crippen LogP contribution in [0.4, 0.5) is 18.9 Å². The number of imide groups is 1. The highest BCUT2D eigenvalue weighted by Gasteiger charge is 2.38. The number of fused-ring (bicyclic) bond motifs is 1. The predicted molar refractivity (Wildman–Crippen MR) is 161 cm³/mol. The number of carbonyl (C=O) groups is 2. The first-order chi connectivity index (χ1) is 20.6. The lowest BCUT2D eigenvalue weighted by Crippen LogP contribution is -2.42. The van der Waals surface area contributed by atoms with Crippen LogP contribution in [0.25, 0.3) is 5.57 Å². The number of halogens is 4. The molecule has 0 saturated carbocycles. The van der Waals surface area contributed by atoms with E-state index in [0.717, 1.165) is 49.3 Å². The molecule has 0 atom stereocenters. The normalized spacial score (nSPS) is 17.2. The molecule has 43 heavy (non-hydrogen) atoms. The van der Waals surface area contributed by atoms with Gasteiger partial charge in [0.25, 0.3) is 11.8 Å². The van der Waals surface area contributed by atoms with Crippen LogP contribution >= 0.6 is 27.7 Å². The van der Waals surface area contributed by atoms with Crippen molar-refractivity contribution in [3.8, 4) is 6.07 Å². The van der Waals surface area contributed by atoms with Gasteiger partial charge >= 0.3 is 6.18 Å². The number of allylic oxidation sites excluding steroid dienone is 2. The Morgan fingerprint density at radius 3 is 2.33 bits per heavy atom. The van der Waals surface area contributed by atoms with E-state index in [-0.39, 0.29) is 35.4 Å². The molecule has 0 aromatic heterocycles. The highest BCUT2D eigenvalue weighted by atomic mass is 79.9. The number of nitriles is 1. The van der Waals surface area contributed by atoms with Crippen LogP contribution in [-0.4, -0.2) is 35.0 Å². The van der Waals surface area contributed by atoms with E-state index < -0.39 is 23.6 Å². The smallest absolute Gasteiger partial charge is 0.396 e. The van der Waals surface area contributed by atoms with Crippen molar-refractivity contribution < 1.29 is 27.9 Å². The molecule has 0 fully saturated rings. The van der Waals surface area contributed by atoms with Gasteiger partial charge in [0.15, 0.2) is 0 Å². The first-order valence-corrected chi connectivity index (χ1v) is 14.7. The van der Waals surface area contributed by atoms with E-state index in [1.807, 2.05) is 29.2 Å². The molecule has 1 N–H and O–H groups in total. The molecule has 6 nitrogen and oxygen atoms in total. The Kier molecular flexibility index (Phi) is 8.92. The zero-order valence-electron chi connectivity index (χ0n) is 22.4. The molecular weight excluding hydrogens is 643 g/mol. The Labute approximate surface area is 258 Å². The quantitative estimate of drug-likeness (QED) is 0.215. The van der Waals surface area contributed by atoms with E-state index >= 15 is 0 Å². The van der Waals surface area contributed by atoms with Gasteiger partial charge in [-0.25, -0.2) is 0 Å².